The molecule has 2 aliphatic rings. The van der Waals surface area contributed by atoms with Gasteiger partial charge in [-0.25, -0.2) is 4.90 Å². The summed E-state index contributed by atoms with van der Waals surface area (Å²) < 4.78 is 0. The molecule has 0 aliphatic carbocycles. The molecule has 1 aromatic rings. The molecule has 3 rings (SSSR count). The highest BCUT2D eigenvalue weighted by Gasteiger charge is 2.43. The Morgan fingerprint density at radius 3 is 2.72 bits per heavy atom. The Bertz CT molecular complexity index is 398. The molecule has 4 nitrogen and oxygen atoms in total. The summed E-state index contributed by atoms with van der Waals surface area (Å²) in [6, 6.07) is 10.00. The maximum Gasteiger partial charge on any atom is 0.114 e. The molecule has 18 heavy (non-hydrogen) atoms. The van der Waals surface area contributed by atoms with E-state index in [0.29, 0.717) is 12.5 Å². The van der Waals surface area contributed by atoms with Gasteiger partial charge in [-0.1, -0.05) is 30.3 Å². The minimum absolute atomic E-state index is 0.247. The van der Waals surface area contributed by atoms with Crippen LogP contribution in [0.4, 0.5) is 0 Å². The predicted octanol–water partition coefficient (Wildman–Crippen LogP) is 0.365. The van der Waals surface area contributed by atoms with Crippen LogP contribution in [-0.4, -0.2) is 40.7 Å². The molecule has 0 bridgehead atoms. The molecule has 98 valence electrons. The van der Waals surface area contributed by atoms with Crippen LogP contribution in [0, 0.1) is 11.8 Å². The minimum Gasteiger partial charge on any atom is -0.378 e. The van der Waals surface area contributed by atoms with Crippen molar-refractivity contribution >= 4 is 0 Å². The topological polar surface area (TPSA) is 55.7 Å². The largest absolute Gasteiger partial charge is 0.378 e. The standard InChI is InChI=1S/C14H20N2O2/c17-13-6-11-7-15-8-12(11)14(18)16(13)9-10-4-2-1-3-5-10/h1-5,11-15,17-18H,6-9H2. The van der Waals surface area contributed by atoms with Crippen LogP contribution in [0.3, 0.4) is 0 Å². The fourth-order valence-corrected chi connectivity index (χ4v) is 3.18. The Morgan fingerprint density at radius 1 is 1.17 bits per heavy atom. The first-order valence-corrected chi connectivity index (χ1v) is 6.62. The lowest BCUT2D eigenvalue weighted by Gasteiger charge is -2.42. The number of nitrogens with one attached hydrogen (secondary N) is 1. The van der Waals surface area contributed by atoms with E-state index in [1.165, 1.54) is 0 Å². The number of hydrogen-bond donors (Lipinski definition) is 3. The molecule has 2 heterocycles. The molecule has 3 N–H and O–H groups in total. The molecule has 0 aromatic heterocycles. The highest BCUT2D eigenvalue weighted by Crippen LogP contribution is 2.34. The van der Waals surface area contributed by atoms with Crippen molar-refractivity contribution in [3.63, 3.8) is 0 Å². The number of rotatable bonds is 2. The van der Waals surface area contributed by atoms with Crippen LogP contribution < -0.4 is 5.32 Å². The fourth-order valence-electron chi connectivity index (χ4n) is 3.18. The smallest absolute Gasteiger partial charge is 0.114 e. The first-order valence-electron chi connectivity index (χ1n) is 6.62. The van der Waals surface area contributed by atoms with Crippen LogP contribution in [0.2, 0.25) is 0 Å². The van der Waals surface area contributed by atoms with Crippen molar-refractivity contribution in [2.24, 2.45) is 11.8 Å². The average Bonchev–Trinajstić information content (AvgIpc) is 2.84. The summed E-state index contributed by atoms with van der Waals surface area (Å²) in [6.07, 6.45) is -0.336. The Labute approximate surface area is 107 Å². The lowest BCUT2D eigenvalue weighted by Crippen LogP contribution is -2.53. The molecule has 0 amide bonds. The number of hydrogen-bond acceptors (Lipinski definition) is 4. The van der Waals surface area contributed by atoms with Gasteiger partial charge < -0.3 is 15.5 Å². The van der Waals surface area contributed by atoms with E-state index in [0.717, 1.165) is 25.1 Å². The molecule has 2 fully saturated rings. The first-order chi connectivity index (χ1) is 8.75. The van der Waals surface area contributed by atoms with Gasteiger partial charge in [0.1, 0.15) is 12.5 Å². The maximum absolute atomic E-state index is 10.4. The highest BCUT2D eigenvalue weighted by molar-refractivity contribution is 5.15. The number of likely N-dealkylation sites (tertiary alicyclic amines) is 1. The zero-order chi connectivity index (χ0) is 12.5. The molecule has 4 unspecified atom stereocenters. The van der Waals surface area contributed by atoms with Crippen molar-refractivity contribution in [2.75, 3.05) is 13.1 Å². The van der Waals surface area contributed by atoms with E-state index in [2.05, 4.69) is 5.32 Å². The van der Waals surface area contributed by atoms with Crippen LogP contribution in [0.5, 0.6) is 0 Å². The molecule has 1 aromatic carbocycles. The van der Waals surface area contributed by atoms with Gasteiger partial charge in [-0.2, -0.15) is 0 Å². The van der Waals surface area contributed by atoms with Gasteiger partial charge in [-0.3, -0.25) is 0 Å². The fraction of sp³-hybridized carbons (Fsp3) is 0.571. The predicted molar refractivity (Wildman–Crippen MR) is 68.5 cm³/mol. The maximum atomic E-state index is 10.4. The zero-order valence-electron chi connectivity index (χ0n) is 10.4. The van der Waals surface area contributed by atoms with E-state index in [9.17, 15) is 10.2 Å². The van der Waals surface area contributed by atoms with Crippen LogP contribution in [-0.2, 0) is 6.54 Å². The van der Waals surface area contributed by atoms with E-state index < -0.39 is 12.5 Å². The third-order valence-corrected chi connectivity index (χ3v) is 4.22. The number of nitrogens with zero attached hydrogens (tertiary/aromatic N) is 1. The Morgan fingerprint density at radius 2 is 1.94 bits per heavy atom. The molecule has 0 spiro atoms. The van der Waals surface area contributed by atoms with Crippen LogP contribution in [0.15, 0.2) is 30.3 Å². The second kappa shape index (κ2) is 4.97. The Hall–Kier alpha value is -0.940. The van der Waals surface area contributed by atoms with Gasteiger partial charge >= 0.3 is 0 Å². The van der Waals surface area contributed by atoms with Gasteiger partial charge in [-0.15, -0.1) is 0 Å². The summed E-state index contributed by atoms with van der Waals surface area (Å²) in [5.74, 6) is 0.652. The van der Waals surface area contributed by atoms with E-state index in [-0.39, 0.29) is 5.92 Å². The van der Waals surface area contributed by atoms with E-state index >= 15 is 0 Å². The second-order valence-electron chi connectivity index (χ2n) is 5.37. The monoisotopic (exact) mass is 248 g/mol. The van der Waals surface area contributed by atoms with Crippen molar-refractivity contribution in [2.45, 2.75) is 25.4 Å². The highest BCUT2D eigenvalue weighted by atomic mass is 16.3. The molecule has 2 saturated heterocycles. The summed E-state index contributed by atoms with van der Waals surface area (Å²) in [6.45, 7) is 2.37. The summed E-state index contributed by atoms with van der Waals surface area (Å²) in [4.78, 5) is 1.81. The summed E-state index contributed by atoms with van der Waals surface area (Å²) in [7, 11) is 0. The van der Waals surface area contributed by atoms with Gasteiger partial charge in [-0.05, 0) is 24.4 Å². The van der Waals surface area contributed by atoms with Crippen molar-refractivity contribution in [1.29, 1.82) is 0 Å². The molecule has 4 heteroatoms. The van der Waals surface area contributed by atoms with Crippen LogP contribution >= 0.6 is 0 Å². The minimum atomic E-state index is -0.547. The number of aliphatic hydroxyl groups excluding tert-OH is 2. The third-order valence-electron chi connectivity index (χ3n) is 4.22. The average molecular weight is 248 g/mol. The van der Waals surface area contributed by atoms with Crippen molar-refractivity contribution in [1.82, 2.24) is 10.2 Å². The second-order valence-corrected chi connectivity index (χ2v) is 5.37. The molecule has 2 aliphatic heterocycles. The molecular formula is C14H20N2O2. The SMILES string of the molecule is OC1CC2CNCC2C(O)N1Cc1ccccc1. The van der Waals surface area contributed by atoms with Crippen LogP contribution in [0.1, 0.15) is 12.0 Å². The number of piperidine rings is 1. The summed E-state index contributed by atoms with van der Waals surface area (Å²) in [5.41, 5.74) is 1.13. The zero-order valence-corrected chi connectivity index (χ0v) is 10.4. The van der Waals surface area contributed by atoms with Gasteiger partial charge in [0.15, 0.2) is 0 Å². The van der Waals surface area contributed by atoms with Crippen molar-refractivity contribution < 1.29 is 10.2 Å². The number of aliphatic hydroxyl groups is 2. The lowest BCUT2D eigenvalue weighted by molar-refractivity contribution is -0.171. The van der Waals surface area contributed by atoms with Gasteiger partial charge in [0.05, 0.1) is 0 Å². The van der Waals surface area contributed by atoms with Gasteiger partial charge in [0, 0.05) is 19.0 Å². The summed E-state index contributed by atoms with van der Waals surface area (Å²) in [5, 5.41) is 23.9. The Balaban J connectivity index is 1.74. The van der Waals surface area contributed by atoms with Gasteiger partial charge in [0.25, 0.3) is 0 Å². The van der Waals surface area contributed by atoms with Gasteiger partial charge in [0.2, 0.25) is 0 Å². The third kappa shape index (κ3) is 2.17. The van der Waals surface area contributed by atoms with Crippen molar-refractivity contribution in [3.8, 4) is 0 Å². The number of benzene rings is 1. The number of fused-ring (bicyclic) bond motifs is 1. The normalized spacial score (nSPS) is 36.6. The quantitative estimate of drug-likeness (QED) is 0.707. The lowest BCUT2D eigenvalue weighted by atomic mass is 9.86. The van der Waals surface area contributed by atoms with E-state index in [4.69, 9.17) is 0 Å². The van der Waals surface area contributed by atoms with Crippen molar-refractivity contribution in [3.05, 3.63) is 35.9 Å². The van der Waals surface area contributed by atoms with Crippen LogP contribution in [0.25, 0.3) is 0 Å². The van der Waals surface area contributed by atoms with E-state index in [1.807, 2.05) is 35.2 Å². The summed E-state index contributed by atoms with van der Waals surface area (Å²) >= 11 is 0. The molecule has 0 radical (unpaired) electrons. The Kier molecular flexibility index (Phi) is 3.35. The molecule has 4 atom stereocenters. The molecule has 0 saturated carbocycles. The molecular weight excluding hydrogens is 228 g/mol. The van der Waals surface area contributed by atoms with E-state index in [1.54, 1.807) is 0 Å². The first kappa shape index (κ1) is 12.1.